The van der Waals surface area contributed by atoms with Crippen molar-refractivity contribution in [3.63, 3.8) is 0 Å². The second-order valence-electron chi connectivity index (χ2n) is 7.49. The summed E-state index contributed by atoms with van der Waals surface area (Å²) in [6.45, 7) is 6.25. The molecule has 0 spiro atoms. The number of hydrogen-bond acceptors (Lipinski definition) is 5. The van der Waals surface area contributed by atoms with Gasteiger partial charge in [-0.3, -0.25) is 9.69 Å². The van der Waals surface area contributed by atoms with Crippen LogP contribution in [0, 0.1) is 12.8 Å². The van der Waals surface area contributed by atoms with Crippen LogP contribution in [0.5, 0.6) is 0 Å². The maximum Gasteiger partial charge on any atom is 0.234 e. The van der Waals surface area contributed by atoms with Gasteiger partial charge in [0.25, 0.3) is 0 Å². The van der Waals surface area contributed by atoms with Crippen molar-refractivity contribution in [1.29, 1.82) is 0 Å². The van der Waals surface area contributed by atoms with Crippen molar-refractivity contribution in [3.05, 3.63) is 47.6 Å². The van der Waals surface area contributed by atoms with Crippen LogP contribution < -0.4 is 5.32 Å². The number of carbonyl (C=O) groups is 1. The summed E-state index contributed by atoms with van der Waals surface area (Å²) in [5, 5.41) is 7.11. The van der Waals surface area contributed by atoms with E-state index in [-0.39, 0.29) is 17.4 Å². The average Bonchev–Trinajstić information content (AvgIpc) is 3.20. The van der Waals surface area contributed by atoms with Crippen molar-refractivity contribution in [3.8, 4) is 0 Å². The van der Waals surface area contributed by atoms with Gasteiger partial charge in [-0.05, 0) is 31.2 Å². The number of nitrogens with zero attached hydrogens (tertiary/aromatic N) is 3. The Morgan fingerprint density at radius 3 is 2.88 bits per heavy atom. The molecule has 1 aromatic heterocycles. The van der Waals surface area contributed by atoms with Gasteiger partial charge in [-0.15, -0.1) is 0 Å². The molecule has 1 N–H and O–H groups in total. The number of rotatable bonds is 4. The molecule has 6 nitrogen and oxygen atoms in total. The van der Waals surface area contributed by atoms with Gasteiger partial charge >= 0.3 is 0 Å². The van der Waals surface area contributed by atoms with Gasteiger partial charge in [-0.1, -0.05) is 35.5 Å². The van der Waals surface area contributed by atoms with Crippen LogP contribution in [0.3, 0.4) is 0 Å². The lowest BCUT2D eigenvalue weighted by molar-refractivity contribution is -0.119. The molecule has 0 unspecified atom stereocenters. The molecule has 0 radical (unpaired) electrons. The topological polar surface area (TPSA) is 71.3 Å². The molecule has 25 heavy (non-hydrogen) atoms. The molecule has 132 valence electrons. The van der Waals surface area contributed by atoms with Crippen LogP contribution >= 0.6 is 0 Å². The molecule has 2 heterocycles. The van der Waals surface area contributed by atoms with E-state index >= 15 is 0 Å². The van der Waals surface area contributed by atoms with Gasteiger partial charge in [-0.25, -0.2) is 0 Å². The van der Waals surface area contributed by atoms with E-state index in [2.05, 4.69) is 44.6 Å². The minimum Gasteiger partial charge on any atom is -0.354 e. The van der Waals surface area contributed by atoms with E-state index in [1.54, 1.807) is 6.92 Å². The fourth-order valence-electron chi connectivity index (χ4n) is 4.67. The fraction of sp³-hybridized carbons (Fsp3) is 0.526. The maximum absolute atomic E-state index is 11.5. The number of benzene rings is 1. The van der Waals surface area contributed by atoms with E-state index in [4.69, 9.17) is 4.52 Å². The Kier molecular flexibility index (Phi) is 4.07. The molecule has 1 amide bonds. The Bertz CT molecular complexity index is 760. The Balaban J connectivity index is 1.57. The van der Waals surface area contributed by atoms with Crippen molar-refractivity contribution in [2.24, 2.45) is 5.92 Å². The SMILES string of the molecule is CC(=O)N[C@@H]1C[C@H]2CN(Cc3ccccc3)C[C@@]2(c2nc(C)no2)C1. The molecule has 1 aliphatic carbocycles. The Morgan fingerprint density at radius 1 is 1.40 bits per heavy atom. The summed E-state index contributed by atoms with van der Waals surface area (Å²) in [7, 11) is 0. The predicted octanol–water partition coefficient (Wildman–Crippen LogP) is 2.05. The number of aromatic nitrogens is 2. The number of likely N-dealkylation sites (tertiary alicyclic amines) is 1. The summed E-state index contributed by atoms with van der Waals surface area (Å²) in [4.78, 5) is 18.5. The first-order chi connectivity index (χ1) is 12.0. The smallest absolute Gasteiger partial charge is 0.234 e. The first-order valence-electron chi connectivity index (χ1n) is 8.89. The van der Waals surface area contributed by atoms with Gasteiger partial charge in [-0.2, -0.15) is 4.98 Å². The van der Waals surface area contributed by atoms with Gasteiger partial charge in [0.1, 0.15) is 0 Å². The van der Waals surface area contributed by atoms with Crippen molar-refractivity contribution in [1.82, 2.24) is 20.4 Å². The average molecular weight is 340 g/mol. The van der Waals surface area contributed by atoms with E-state index in [1.165, 1.54) is 5.56 Å². The third kappa shape index (κ3) is 3.06. The van der Waals surface area contributed by atoms with Crippen LogP contribution in [0.2, 0.25) is 0 Å². The van der Waals surface area contributed by atoms with Crippen molar-refractivity contribution in [2.75, 3.05) is 13.1 Å². The monoisotopic (exact) mass is 340 g/mol. The van der Waals surface area contributed by atoms with E-state index in [9.17, 15) is 4.79 Å². The minimum atomic E-state index is -0.150. The highest BCUT2D eigenvalue weighted by atomic mass is 16.5. The molecule has 1 aromatic carbocycles. The molecule has 4 rings (SSSR count). The largest absolute Gasteiger partial charge is 0.354 e. The van der Waals surface area contributed by atoms with Gasteiger partial charge in [0, 0.05) is 32.6 Å². The van der Waals surface area contributed by atoms with Crippen LogP contribution in [-0.2, 0) is 16.8 Å². The number of aryl methyl sites for hydroxylation is 1. The van der Waals surface area contributed by atoms with Gasteiger partial charge in [0.15, 0.2) is 5.82 Å². The lowest BCUT2D eigenvalue weighted by atomic mass is 9.80. The van der Waals surface area contributed by atoms with Crippen LogP contribution in [0.4, 0.5) is 0 Å². The van der Waals surface area contributed by atoms with Crippen LogP contribution in [0.25, 0.3) is 0 Å². The highest BCUT2D eigenvalue weighted by Crippen LogP contribution is 2.50. The van der Waals surface area contributed by atoms with Crippen molar-refractivity contribution in [2.45, 2.75) is 44.7 Å². The zero-order valence-electron chi connectivity index (χ0n) is 14.7. The molecule has 1 saturated heterocycles. The molecular weight excluding hydrogens is 316 g/mol. The predicted molar refractivity (Wildman–Crippen MR) is 92.8 cm³/mol. The third-order valence-corrected chi connectivity index (χ3v) is 5.56. The quantitative estimate of drug-likeness (QED) is 0.922. The van der Waals surface area contributed by atoms with Gasteiger partial charge < -0.3 is 9.84 Å². The highest BCUT2D eigenvalue weighted by molar-refractivity contribution is 5.73. The van der Waals surface area contributed by atoms with E-state index < -0.39 is 0 Å². The van der Waals surface area contributed by atoms with Crippen LogP contribution in [0.15, 0.2) is 34.9 Å². The maximum atomic E-state index is 11.5. The van der Waals surface area contributed by atoms with Crippen LogP contribution in [0.1, 0.15) is 37.0 Å². The molecule has 2 fully saturated rings. The van der Waals surface area contributed by atoms with Gasteiger partial charge in [0.2, 0.25) is 11.8 Å². The molecule has 6 heteroatoms. The normalized spacial score (nSPS) is 28.9. The summed E-state index contributed by atoms with van der Waals surface area (Å²) in [6.07, 6.45) is 1.83. The van der Waals surface area contributed by atoms with E-state index in [0.29, 0.717) is 11.7 Å². The van der Waals surface area contributed by atoms with E-state index in [1.807, 2.05) is 13.0 Å². The number of hydrogen-bond donors (Lipinski definition) is 1. The number of fused-ring (bicyclic) bond motifs is 1. The van der Waals surface area contributed by atoms with Crippen molar-refractivity contribution < 1.29 is 9.32 Å². The third-order valence-electron chi connectivity index (χ3n) is 5.56. The summed E-state index contributed by atoms with van der Waals surface area (Å²) in [5.74, 6) is 1.86. The first-order valence-corrected chi connectivity index (χ1v) is 8.89. The second-order valence-corrected chi connectivity index (χ2v) is 7.49. The molecule has 1 saturated carbocycles. The number of amides is 1. The Hall–Kier alpha value is -2.21. The first kappa shape index (κ1) is 16.3. The summed E-state index contributed by atoms with van der Waals surface area (Å²) < 4.78 is 5.60. The molecule has 2 aliphatic rings. The summed E-state index contributed by atoms with van der Waals surface area (Å²) in [6, 6.07) is 10.7. The van der Waals surface area contributed by atoms with Crippen LogP contribution in [-0.4, -0.2) is 40.1 Å². The molecule has 3 atom stereocenters. The zero-order valence-corrected chi connectivity index (χ0v) is 14.7. The van der Waals surface area contributed by atoms with Crippen molar-refractivity contribution >= 4 is 5.91 Å². The lowest BCUT2D eigenvalue weighted by Crippen LogP contribution is -2.37. The Morgan fingerprint density at radius 2 is 2.20 bits per heavy atom. The summed E-state index contributed by atoms with van der Waals surface area (Å²) in [5.41, 5.74) is 1.17. The summed E-state index contributed by atoms with van der Waals surface area (Å²) >= 11 is 0. The fourth-order valence-corrected chi connectivity index (χ4v) is 4.67. The second kappa shape index (κ2) is 6.26. The zero-order chi connectivity index (χ0) is 17.4. The highest BCUT2D eigenvalue weighted by Gasteiger charge is 2.57. The van der Waals surface area contributed by atoms with E-state index in [0.717, 1.165) is 38.4 Å². The Labute approximate surface area is 147 Å². The molecule has 1 aliphatic heterocycles. The minimum absolute atomic E-state index is 0.0305. The molecule has 0 bridgehead atoms. The lowest BCUT2D eigenvalue weighted by Gasteiger charge is -2.25. The number of carbonyl (C=O) groups excluding carboxylic acids is 1. The number of nitrogens with one attached hydrogen (secondary N) is 1. The van der Waals surface area contributed by atoms with Gasteiger partial charge in [0.05, 0.1) is 5.41 Å². The molecular formula is C19H24N4O2. The molecule has 2 aromatic rings. The standard InChI is InChI=1S/C19H24N4O2/c1-13-20-18(25-22-13)19-9-17(21-14(2)24)8-16(19)11-23(12-19)10-15-6-4-3-5-7-15/h3-7,16-17H,8-12H2,1-2H3,(H,21,24)/t16-,17+,19-/m0/s1.